The number of hydrogen-bond donors (Lipinski definition) is 2. The molecule has 3 N–H and O–H groups in total. The summed E-state index contributed by atoms with van der Waals surface area (Å²) in [7, 11) is 0. The van der Waals surface area contributed by atoms with Crippen LogP contribution in [0.5, 0.6) is 5.88 Å². The summed E-state index contributed by atoms with van der Waals surface area (Å²) in [6, 6.07) is 0. The average molecular weight is 281 g/mol. The van der Waals surface area contributed by atoms with Crippen molar-refractivity contribution in [3.63, 3.8) is 0 Å². The largest absolute Gasteiger partial charge is 0.472 e. The Hall–Kier alpha value is -2.17. The second kappa shape index (κ2) is 5.65. The molecule has 0 radical (unpaired) electrons. The van der Waals surface area contributed by atoms with Crippen molar-refractivity contribution in [2.45, 2.75) is 19.5 Å². The summed E-state index contributed by atoms with van der Waals surface area (Å²) in [5.41, 5.74) is 1.36. The molecule has 11 heteroatoms. The van der Waals surface area contributed by atoms with Gasteiger partial charge in [0.1, 0.15) is 5.69 Å². The van der Waals surface area contributed by atoms with Gasteiger partial charge in [0.2, 0.25) is 5.95 Å². The van der Waals surface area contributed by atoms with E-state index < -0.39 is 35.7 Å². The minimum absolute atomic E-state index is 0.0741. The normalized spacial score (nSPS) is 11.2. The van der Waals surface area contributed by atoms with Crippen LogP contribution >= 0.6 is 0 Å². The topological polar surface area (TPSA) is 116 Å². The predicted molar refractivity (Wildman–Crippen MR) is 57.4 cm³/mol. The SMILES string of the molecule is Cc1nc(NN)nc(OCCC(F)(F)F)c1[N+](=O)[O-]. The molecule has 0 saturated heterocycles. The van der Waals surface area contributed by atoms with Crippen molar-refractivity contribution >= 4 is 11.6 Å². The van der Waals surface area contributed by atoms with Crippen LogP contribution in [0.15, 0.2) is 0 Å². The lowest BCUT2D eigenvalue weighted by molar-refractivity contribution is -0.387. The van der Waals surface area contributed by atoms with Gasteiger partial charge in [0, 0.05) is 0 Å². The number of hydrogen-bond acceptors (Lipinski definition) is 7. The highest BCUT2D eigenvalue weighted by Gasteiger charge is 2.29. The van der Waals surface area contributed by atoms with Crippen LogP contribution in [0.3, 0.4) is 0 Å². The minimum atomic E-state index is -4.42. The highest BCUT2D eigenvalue weighted by atomic mass is 19.4. The molecule has 0 aliphatic rings. The van der Waals surface area contributed by atoms with Crippen molar-refractivity contribution in [1.82, 2.24) is 9.97 Å². The Balaban J connectivity index is 2.96. The van der Waals surface area contributed by atoms with Gasteiger partial charge in [-0.1, -0.05) is 0 Å². The molecule has 1 aromatic heterocycles. The Morgan fingerprint density at radius 3 is 2.58 bits per heavy atom. The molecule has 19 heavy (non-hydrogen) atoms. The van der Waals surface area contributed by atoms with Crippen molar-refractivity contribution in [1.29, 1.82) is 0 Å². The number of nitrogens with zero attached hydrogens (tertiary/aromatic N) is 3. The van der Waals surface area contributed by atoms with E-state index in [1.807, 2.05) is 5.43 Å². The summed E-state index contributed by atoms with van der Waals surface area (Å²) in [5, 5.41) is 10.8. The number of anilines is 1. The van der Waals surface area contributed by atoms with E-state index in [1.54, 1.807) is 0 Å². The Kier molecular flexibility index (Phi) is 4.43. The van der Waals surface area contributed by atoms with Gasteiger partial charge in [0.05, 0.1) is 18.0 Å². The molecule has 0 atom stereocenters. The van der Waals surface area contributed by atoms with E-state index in [2.05, 4.69) is 14.7 Å². The summed E-state index contributed by atoms with van der Waals surface area (Å²) in [6.07, 6.45) is -5.68. The van der Waals surface area contributed by atoms with Crippen LogP contribution in [0, 0.1) is 17.0 Å². The van der Waals surface area contributed by atoms with Crippen LogP contribution < -0.4 is 16.0 Å². The summed E-state index contributed by atoms with van der Waals surface area (Å²) in [5.74, 6) is 4.28. The first kappa shape index (κ1) is 14.9. The third-order valence-electron chi connectivity index (χ3n) is 1.96. The van der Waals surface area contributed by atoms with Gasteiger partial charge in [-0.3, -0.25) is 15.5 Å². The molecule has 0 fully saturated rings. The van der Waals surface area contributed by atoms with Crippen LogP contribution in [-0.2, 0) is 0 Å². The van der Waals surface area contributed by atoms with E-state index in [4.69, 9.17) is 5.84 Å². The molecule has 0 saturated carbocycles. The van der Waals surface area contributed by atoms with Gasteiger partial charge in [-0.15, -0.1) is 0 Å². The van der Waals surface area contributed by atoms with Gasteiger partial charge < -0.3 is 4.74 Å². The maximum absolute atomic E-state index is 12.0. The minimum Gasteiger partial charge on any atom is -0.472 e. The van der Waals surface area contributed by atoms with Gasteiger partial charge in [0.25, 0.3) is 5.88 Å². The molecule has 0 aliphatic carbocycles. The second-order valence-electron chi connectivity index (χ2n) is 3.40. The van der Waals surface area contributed by atoms with E-state index in [0.717, 1.165) is 0 Å². The number of alkyl halides is 3. The molecule has 0 bridgehead atoms. The Morgan fingerprint density at radius 1 is 1.47 bits per heavy atom. The molecular formula is C8H10F3N5O3. The molecule has 1 rings (SSSR count). The summed E-state index contributed by atoms with van der Waals surface area (Å²) in [6.45, 7) is 0.502. The van der Waals surface area contributed by atoms with Crippen LogP contribution in [0.4, 0.5) is 24.8 Å². The maximum Gasteiger partial charge on any atom is 0.392 e. The molecule has 0 unspecified atom stereocenters. The standard InChI is InChI=1S/C8H10F3N5O3/c1-4-5(16(17)18)6(14-7(13-4)15-12)19-3-2-8(9,10)11/h2-3,12H2,1H3,(H,13,14,15). The number of nitrogens with one attached hydrogen (secondary N) is 1. The first-order valence-electron chi connectivity index (χ1n) is 4.94. The number of nitrogen functional groups attached to an aromatic ring is 1. The number of nitrogens with two attached hydrogens (primary N) is 1. The van der Waals surface area contributed by atoms with E-state index in [0.29, 0.717) is 0 Å². The van der Waals surface area contributed by atoms with E-state index in [-0.39, 0.29) is 11.6 Å². The monoisotopic (exact) mass is 281 g/mol. The lowest BCUT2D eigenvalue weighted by Gasteiger charge is -2.09. The molecular weight excluding hydrogens is 271 g/mol. The van der Waals surface area contributed by atoms with Gasteiger partial charge in [-0.2, -0.15) is 18.2 Å². The Bertz CT molecular complexity index is 479. The summed E-state index contributed by atoms with van der Waals surface area (Å²) in [4.78, 5) is 17.1. The zero-order valence-electron chi connectivity index (χ0n) is 9.69. The van der Waals surface area contributed by atoms with E-state index >= 15 is 0 Å². The van der Waals surface area contributed by atoms with Crippen LogP contribution in [0.25, 0.3) is 0 Å². The number of aromatic nitrogens is 2. The molecule has 1 aromatic rings. The van der Waals surface area contributed by atoms with Crippen molar-refractivity contribution in [3.05, 3.63) is 15.8 Å². The van der Waals surface area contributed by atoms with Gasteiger partial charge >= 0.3 is 11.9 Å². The lowest BCUT2D eigenvalue weighted by Crippen LogP contribution is -2.16. The molecule has 8 nitrogen and oxygen atoms in total. The highest BCUT2D eigenvalue weighted by Crippen LogP contribution is 2.29. The van der Waals surface area contributed by atoms with Crippen LogP contribution in [0.2, 0.25) is 0 Å². The van der Waals surface area contributed by atoms with Gasteiger partial charge in [-0.25, -0.2) is 10.8 Å². The quantitative estimate of drug-likeness (QED) is 0.474. The van der Waals surface area contributed by atoms with E-state index in [9.17, 15) is 23.3 Å². The second-order valence-corrected chi connectivity index (χ2v) is 3.40. The third-order valence-corrected chi connectivity index (χ3v) is 1.96. The fraction of sp³-hybridized carbons (Fsp3) is 0.500. The van der Waals surface area contributed by atoms with Crippen LogP contribution in [-0.4, -0.2) is 27.7 Å². The first-order valence-corrected chi connectivity index (χ1v) is 4.94. The summed E-state index contributed by atoms with van der Waals surface area (Å²) >= 11 is 0. The lowest BCUT2D eigenvalue weighted by atomic mass is 10.3. The fourth-order valence-electron chi connectivity index (χ4n) is 1.18. The first-order chi connectivity index (χ1) is 8.74. The number of rotatable bonds is 5. The Morgan fingerprint density at radius 2 is 2.11 bits per heavy atom. The molecule has 106 valence electrons. The zero-order chi connectivity index (χ0) is 14.6. The Labute approximate surface area is 104 Å². The number of ether oxygens (including phenoxy) is 1. The van der Waals surface area contributed by atoms with Crippen LogP contribution in [0.1, 0.15) is 12.1 Å². The maximum atomic E-state index is 12.0. The molecule has 0 amide bonds. The average Bonchev–Trinajstić information content (AvgIpc) is 2.25. The third kappa shape index (κ3) is 4.21. The number of aryl methyl sites for hydroxylation is 1. The molecule has 0 aromatic carbocycles. The molecule has 1 heterocycles. The van der Waals surface area contributed by atoms with Crippen molar-refractivity contribution in [2.75, 3.05) is 12.0 Å². The van der Waals surface area contributed by atoms with Crippen molar-refractivity contribution in [2.24, 2.45) is 5.84 Å². The highest BCUT2D eigenvalue weighted by molar-refractivity contribution is 5.48. The van der Waals surface area contributed by atoms with Crippen molar-refractivity contribution < 1.29 is 22.8 Å². The number of nitro groups is 1. The fourth-order valence-corrected chi connectivity index (χ4v) is 1.18. The summed E-state index contributed by atoms with van der Waals surface area (Å²) < 4.78 is 40.6. The van der Waals surface area contributed by atoms with Gasteiger partial charge in [-0.05, 0) is 6.92 Å². The number of halogens is 3. The van der Waals surface area contributed by atoms with E-state index in [1.165, 1.54) is 6.92 Å². The van der Waals surface area contributed by atoms with Crippen molar-refractivity contribution in [3.8, 4) is 5.88 Å². The smallest absolute Gasteiger partial charge is 0.392 e. The van der Waals surface area contributed by atoms with Gasteiger partial charge in [0.15, 0.2) is 0 Å². The predicted octanol–water partition coefficient (Wildman–Crippen LogP) is 1.31. The molecule has 0 spiro atoms. The zero-order valence-corrected chi connectivity index (χ0v) is 9.69. The number of hydrazine groups is 1. The molecule has 0 aliphatic heterocycles.